The second kappa shape index (κ2) is 6.50. The van der Waals surface area contributed by atoms with E-state index in [0.29, 0.717) is 12.7 Å². The molecular formula is C13H30O2Si2. The zero-order chi connectivity index (χ0) is 12.9. The molecule has 17 heavy (non-hydrogen) atoms. The summed E-state index contributed by atoms with van der Waals surface area (Å²) < 4.78 is 6.45. The van der Waals surface area contributed by atoms with Gasteiger partial charge in [0.05, 0.1) is 7.59 Å². The highest BCUT2D eigenvalue weighted by molar-refractivity contribution is 7.38. The third-order valence-corrected chi connectivity index (χ3v) is 21.2. The van der Waals surface area contributed by atoms with Crippen LogP contribution in [0.2, 0.25) is 32.2 Å². The summed E-state index contributed by atoms with van der Waals surface area (Å²) in [6.45, 7) is 10.2. The van der Waals surface area contributed by atoms with Gasteiger partial charge in [-0.25, -0.2) is 0 Å². The molecule has 0 saturated carbocycles. The summed E-state index contributed by atoms with van der Waals surface area (Å²) in [5.74, 6) is 0. The van der Waals surface area contributed by atoms with Crippen LogP contribution in [0.5, 0.6) is 0 Å². The number of hydrogen-bond donors (Lipinski definition) is 1. The maximum absolute atomic E-state index is 8.73. The normalized spacial score (nSPS) is 27.0. The molecule has 0 aromatic rings. The van der Waals surface area contributed by atoms with Crippen LogP contribution in [-0.2, 0) is 4.43 Å². The summed E-state index contributed by atoms with van der Waals surface area (Å²) in [5, 5.41) is 8.73. The molecule has 1 atom stereocenters. The second-order valence-corrected chi connectivity index (χ2v) is 21.8. The highest BCUT2D eigenvalue weighted by atomic mass is 29.3. The van der Waals surface area contributed by atoms with Crippen LogP contribution in [0.25, 0.3) is 0 Å². The van der Waals surface area contributed by atoms with E-state index in [1.54, 1.807) is 0 Å². The van der Waals surface area contributed by atoms with Crippen LogP contribution in [0.3, 0.4) is 0 Å². The van der Waals surface area contributed by atoms with Crippen LogP contribution >= 0.6 is 0 Å². The van der Waals surface area contributed by atoms with Crippen molar-refractivity contribution in [3.05, 3.63) is 0 Å². The zero-order valence-corrected chi connectivity index (χ0v) is 14.1. The zero-order valence-electron chi connectivity index (χ0n) is 12.1. The Morgan fingerprint density at radius 3 is 2.29 bits per heavy atom. The molecule has 0 bridgehead atoms. The molecule has 0 aromatic carbocycles. The fourth-order valence-corrected chi connectivity index (χ4v) is 9.23. The van der Waals surface area contributed by atoms with Crippen molar-refractivity contribution in [3.8, 4) is 0 Å². The van der Waals surface area contributed by atoms with Crippen molar-refractivity contribution in [2.75, 3.05) is 6.61 Å². The molecule has 0 aliphatic carbocycles. The van der Waals surface area contributed by atoms with Gasteiger partial charge in [0.25, 0.3) is 0 Å². The first-order valence-electron chi connectivity index (χ1n) is 7.18. The molecule has 1 saturated heterocycles. The lowest BCUT2D eigenvalue weighted by Crippen LogP contribution is -2.61. The number of hydrogen-bond acceptors (Lipinski definition) is 2. The van der Waals surface area contributed by atoms with E-state index < -0.39 is 15.4 Å². The topological polar surface area (TPSA) is 29.5 Å². The minimum absolute atomic E-state index is 0.347. The van der Waals surface area contributed by atoms with Crippen molar-refractivity contribution in [2.45, 2.75) is 76.9 Å². The second-order valence-electron chi connectivity index (χ2n) is 6.60. The van der Waals surface area contributed by atoms with Crippen LogP contribution in [0.1, 0.15) is 38.5 Å². The maximum Gasteiger partial charge on any atom is 0.174 e. The van der Waals surface area contributed by atoms with Crippen LogP contribution < -0.4 is 0 Å². The minimum atomic E-state index is -1.36. The number of aliphatic hydroxyl groups excluding tert-OH is 1. The quantitative estimate of drug-likeness (QED) is 0.591. The molecular weight excluding hydrogens is 244 g/mol. The lowest BCUT2D eigenvalue weighted by Gasteiger charge is -2.45. The Balaban J connectivity index is 2.24. The van der Waals surface area contributed by atoms with E-state index in [1.807, 2.05) is 0 Å². The SMILES string of the molecule is C[Si]1(C)CCC(CCCCCCO)O[Si]1(C)C. The van der Waals surface area contributed by atoms with Gasteiger partial charge in [0.1, 0.15) is 0 Å². The van der Waals surface area contributed by atoms with Gasteiger partial charge < -0.3 is 9.53 Å². The Morgan fingerprint density at radius 2 is 1.71 bits per heavy atom. The molecule has 4 heteroatoms. The van der Waals surface area contributed by atoms with E-state index in [2.05, 4.69) is 26.2 Å². The van der Waals surface area contributed by atoms with E-state index in [9.17, 15) is 0 Å². The fraction of sp³-hybridized carbons (Fsp3) is 1.00. The van der Waals surface area contributed by atoms with Gasteiger partial charge in [-0.05, 0) is 32.4 Å². The van der Waals surface area contributed by atoms with Gasteiger partial charge in [-0.15, -0.1) is 0 Å². The molecule has 1 heterocycles. The average molecular weight is 275 g/mol. The van der Waals surface area contributed by atoms with E-state index in [1.165, 1.54) is 38.1 Å². The molecule has 1 aliphatic rings. The van der Waals surface area contributed by atoms with Gasteiger partial charge in [0, 0.05) is 12.7 Å². The Bertz CT molecular complexity index is 229. The lowest BCUT2D eigenvalue weighted by molar-refractivity contribution is 0.171. The Hall–Kier alpha value is 0.354. The van der Waals surface area contributed by atoms with Gasteiger partial charge in [-0.1, -0.05) is 38.4 Å². The Morgan fingerprint density at radius 1 is 1.06 bits per heavy atom. The Kier molecular flexibility index (Phi) is 5.89. The minimum Gasteiger partial charge on any atom is -0.417 e. The van der Waals surface area contributed by atoms with Crippen LogP contribution in [0.4, 0.5) is 0 Å². The summed E-state index contributed by atoms with van der Waals surface area (Å²) in [5.41, 5.74) is 0. The van der Waals surface area contributed by atoms with Crippen LogP contribution in [0, 0.1) is 0 Å². The lowest BCUT2D eigenvalue weighted by atomic mass is 10.1. The van der Waals surface area contributed by atoms with Crippen molar-refractivity contribution in [3.63, 3.8) is 0 Å². The fourth-order valence-electron chi connectivity index (χ4n) is 2.50. The largest absolute Gasteiger partial charge is 0.417 e. The van der Waals surface area contributed by atoms with Crippen molar-refractivity contribution in [1.29, 1.82) is 0 Å². The van der Waals surface area contributed by atoms with Gasteiger partial charge >= 0.3 is 0 Å². The standard InChI is InChI=1S/C13H30O2Si2/c1-16(2)12-10-13(15-17(16,3)4)9-7-5-6-8-11-14/h13-14H,5-12H2,1-4H3. The first-order chi connectivity index (χ1) is 7.89. The third-order valence-electron chi connectivity index (χ3n) is 4.62. The molecule has 1 aliphatic heterocycles. The van der Waals surface area contributed by atoms with Gasteiger partial charge in [-0.2, -0.15) is 0 Å². The number of unbranched alkanes of at least 4 members (excludes halogenated alkanes) is 3. The van der Waals surface area contributed by atoms with E-state index in [-0.39, 0.29) is 0 Å². The molecule has 0 amide bonds. The molecule has 0 aromatic heterocycles. The molecule has 1 rings (SSSR count). The third kappa shape index (κ3) is 4.50. The van der Waals surface area contributed by atoms with Crippen molar-refractivity contribution >= 4 is 15.4 Å². The molecule has 1 unspecified atom stereocenters. The van der Waals surface area contributed by atoms with E-state index in [4.69, 9.17) is 9.53 Å². The highest BCUT2D eigenvalue weighted by Gasteiger charge is 2.47. The van der Waals surface area contributed by atoms with E-state index in [0.717, 1.165) is 6.42 Å². The smallest absolute Gasteiger partial charge is 0.174 e. The molecule has 2 nitrogen and oxygen atoms in total. The highest BCUT2D eigenvalue weighted by Crippen LogP contribution is 2.34. The molecule has 0 radical (unpaired) electrons. The number of rotatable bonds is 6. The first-order valence-corrected chi connectivity index (χ1v) is 14.3. The summed E-state index contributed by atoms with van der Waals surface area (Å²) in [4.78, 5) is 0. The van der Waals surface area contributed by atoms with Gasteiger partial charge in [0.2, 0.25) is 0 Å². The maximum atomic E-state index is 8.73. The van der Waals surface area contributed by atoms with Gasteiger partial charge in [-0.3, -0.25) is 0 Å². The molecule has 1 N–H and O–H groups in total. The Labute approximate surface area is 109 Å². The monoisotopic (exact) mass is 274 g/mol. The van der Waals surface area contributed by atoms with Crippen LogP contribution in [0.15, 0.2) is 0 Å². The molecule has 0 spiro atoms. The van der Waals surface area contributed by atoms with E-state index >= 15 is 0 Å². The van der Waals surface area contributed by atoms with Crippen molar-refractivity contribution in [1.82, 2.24) is 0 Å². The summed E-state index contributed by atoms with van der Waals surface area (Å²) in [7, 11) is -2.39. The summed E-state index contributed by atoms with van der Waals surface area (Å²) in [6.07, 6.45) is 7.75. The summed E-state index contributed by atoms with van der Waals surface area (Å²) in [6, 6.07) is 1.47. The van der Waals surface area contributed by atoms with Crippen molar-refractivity contribution < 1.29 is 9.53 Å². The van der Waals surface area contributed by atoms with Crippen LogP contribution in [-0.4, -0.2) is 33.2 Å². The van der Waals surface area contributed by atoms with Gasteiger partial charge in [0.15, 0.2) is 7.83 Å². The first kappa shape index (κ1) is 15.4. The van der Waals surface area contributed by atoms with Crippen molar-refractivity contribution in [2.24, 2.45) is 0 Å². The molecule has 1 fully saturated rings. The molecule has 102 valence electrons. The predicted molar refractivity (Wildman–Crippen MR) is 79.4 cm³/mol. The summed E-state index contributed by atoms with van der Waals surface area (Å²) >= 11 is 0. The number of aliphatic hydroxyl groups is 1. The average Bonchev–Trinajstić information content (AvgIpc) is 2.23. The predicted octanol–water partition coefficient (Wildman–Crippen LogP) is 3.71.